The second kappa shape index (κ2) is 5.12. The molecule has 1 heterocycles. The fourth-order valence-corrected chi connectivity index (χ4v) is 3.00. The molecule has 0 bridgehead atoms. The molecular formula is C16H18N2O4. The first-order valence-electron chi connectivity index (χ1n) is 7.37. The first kappa shape index (κ1) is 14.6. The molecule has 2 amide bonds. The van der Waals surface area contributed by atoms with Crippen LogP contribution in [0, 0.1) is 5.41 Å². The Kier molecular flexibility index (Phi) is 3.39. The lowest BCUT2D eigenvalue weighted by Gasteiger charge is -2.34. The molecule has 1 aliphatic carbocycles. The molecule has 2 N–H and O–H groups in total. The van der Waals surface area contributed by atoms with E-state index in [4.69, 9.17) is 0 Å². The van der Waals surface area contributed by atoms with Crippen LogP contribution < -0.4 is 10.2 Å². The first-order valence-corrected chi connectivity index (χ1v) is 7.37. The highest BCUT2D eigenvalue weighted by atomic mass is 16.4. The number of carboxylic acids is 1. The summed E-state index contributed by atoms with van der Waals surface area (Å²) < 4.78 is 0. The fraction of sp³-hybridized carbons (Fsp3) is 0.438. The zero-order valence-electron chi connectivity index (χ0n) is 12.3. The van der Waals surface area contributed by atoms with Crippen molar-refractivity contribution in [1.29, 1.82) is 0 Å². The number of aliphatic carboxylic acids is 1. The third-order valence-electron chi connectivity index (χ3n) is 4.52. The number of carboxylic acid groups (broad SMARTS) is 1. The van der Waals surface area contributed by atoms with Crippen molar-refractivity contribution in [2.24, 2.45) is 5.41 Å². The Labute approximate surface area is 128 Å². The van der Waals surface area contributed by atoms with Gasteiger partial charge < -0.3 is 15.3 Å². The van der Waals surface area contributed by atoms with Gasteiger partial charge in [-0.25, -0.2) is 0 Å². The van der Waals surface area contributed by atoms with Gasteiger partial charge in [0.05, 0.1) is 6.04 Å². The molecule has 0 aromatic heterocycles. The highest BCUT2D eigenvalue weighted by molar-refractivity contribution is 6.05. The average Bonchev–Trinajstić information content (AvgIpc) is 3.29. The summed E-state index contributed by atoms with van der Waals surface area (Å²) in [5.74, 6) is -1.52. The maximum Gasteiger partial charge on any atom is 0.319 e. The molecule has 3 rings (SSSR count). The van der Waals surface area contributed by atoms with E-state index in [0.717, 1.165) is 11.3 Å². The molecule has 6 nitrogen and oxygen atoms in total. The first-order chi connectivity index (χ1) is 10.5. The van der Waals surface area contributed by atoms with Gasteiger partial charge in [-0.05, 0) is 30.9 Å². The molecule has 0 spiro atoms. The Balaban J connectivity index is 1.84. The van der Waals surface area contributed by atoms with Gasteiger partial charge in [-0.2, -0.15) is 0 Å². The quantitative estimate of drug-likeness (QED) is 0.828. The van der Waals surface area contributed by atoms with Gasteiger partial charge in [0.25, 0.3) is 0 Å². The molecular weight excluding hydrogens is 284 g/mol. The predicted molar refractivity (Wildman–Crippen MR) is 79.3 cm³/mol. The molecule has 1 atom stereocenters. The number of rotatable bonds is 3. The van der Waals surface area contributed by atoms with Gasteiger partial charge in [-0.15, -0.1) is 0 Å². The molecule has 0 radical (unpaired) electrons. The summed E-state index contributed by atoms with van der Waals surface area (Å²) in [6.07, 6.45) is 1.36. The number of carbonyl (C=O) groups is 3. The largest absolute Gasteiger partial charge is 0.480 e. The standard InChI is InChI=1S/C16H18N2O4/c1-10(19)18-9-6-12(11-4-2-3-5-13(11)18)17-14(20)16(7-8-16)15(21)22/h2-5,12H,6-9H2,1H3,(H,17,20)(H,21,22). The molecule has 2 aliphatic rings. The van der Waals surface area contributed by atoms with Gasteiger partial charge in [-0.3, -0.25) is 14.4 Å². The van der Waals surface area contributed by atoms with Gasteiger partial charge in [0.1, 0.15) is 5.41 Å². The normalized spacial score (nSPS) is 21.7. The topological polar surface area (TPSA) is 86.7 Å². The average molecular weight is 302 g/mol. The molecule has 1 aromatic rings. The lowest BCUT2D eigenvalue weighted by molar-refractivity contribution is -0.149. The summed E-state index contributed by atoms with van der Waals surface area (Å²) in [5.41, 5.74) is 0.400. The van der Waals surface area contributed by atoms with Crippen LogP contribution >= 0.6 is 0 Å². The second-order valence-corrected chi connectivity index (χ2v) is 5.93. The second-order valence-electron chi connectivity index (χ2n) is 5.93. The summed E-state index contributed by atoms with van der Waals surface area (Å²) in [6, 6.07) is 7.16. The van der Waals surface area contributed by atoms with E-state index in [9.17, 15) is 19.5 Å². The number of anilines is 1. The van der Waals surface area contributed by atoms with Crippen LogP contribution in [0.15, 0.2) is 24.3 Å². The van der Waals surface area contributed by atoms with E-state index in [1.807, 2.05) is 24.3 Å². The van der Waals surface area contributed by atoms with Crippen molar-refractivity contribution in [2.75, 3.05) is 11.4 Å². The summed E-state index contributed by atoms with van der Waals surface area (Å²) in [4.78, 5) is 36.9. The third-order valence-corrected chi connectivity index (χ3v) is 4.52. The predicted octanol–water partition coefficient (Wildman–Crippen LogP) is 1.47. The van der Waals surface area contributed by atoms with E-state index in [0.29, 0.717) is 25.8 Å². The number of nitrogens with zero attached hydrogens (tertiary/aromatic N) is 1. The minimum Gasteiger partial charge on any atom is -0.480 e. The van der Waals surface area contributed by atoms with Gasteiger partial charge in [0.15, 0.2) is 0 Å². The van der Waals surface area contributed by atoms with Crippen molar-refractivity contribution in [3.63, 3.8) is 0 Å². The maximum atomic E-state index is 12.3. The smallest absolute Gasteiger partial charge is 0.319 e. The van der Waals surface area contributed by atoms with Crippen LogP contribution in [-0.4, -0.2) is 29.4 Å². The molecule has 0 saturated heterocycles. The summed E-state index contributed by atoms with van der Waals surface area (Å²) in [6.45, 7) is 2.02. The third kappa shape index (κ3) is 2.24. The molecule has 1 unspecified atom stereocenters. The Bertz CT molecular complexity index is 651. The van der Waals surface area contributed by atoms with Crippen LogP contribution in [0.5, 0.6) is 0 Å². The van der Waals surface area contributed by atoms with Crippen LogP contribution in [0.3, 0.4) is 0 Å². The Morgan fingerprint density at radius 2 is 1.95 bits per heavy atom. The highest BCUT2D eigenvalue weighted by Crippen LogP contribution is 2.47. The van der Waals surface area contributed by atoms with E-state index in [1.54, 1.807) is 4.90 Å². The van der Waals surface area contributed by atoms with Gasteiger partial charge >= 0.3 is 5.97 Å². The van der Waals surface area contributed by atoms with Crippen molar-refractivity contribution < 1.29 is 19.5 Å². The van der Waals surface area contributed by atoms with Gasteiger partial charge in [0.2, 0.25) is 11.8 Å². The van der Waals surface area contributed by atoms with Gasteiger partial charge in [-0.1, -0.05) is 18.2 Å². The Morgan fingerprint density at radius 1 is 1.27 bits per heavy atom. The lowest BCUT2D eigenvalue weighted by atomic mass is 9.95. The van der Waals surface area contributed by atoms with Crippen molar-refractivity contribution in [3.05, 3.63) is 29.8 Å². The number of nitrogens with one attached hydrogen (secondary N) is 1. The molecule has 1 fully saturated rings. The molecule has 22 heavy (non-hydrogen) atoms. The number of carbonyl (C=O) groups excluding carboxylic acids is 2. The monoisotopic (exact) mass is 302 g/mol. The number of para-hydroxylation sites is 1. The van der Waals surface area contributed by atoms with Crippen LogP contribution in [0.1, 0.15) is 37.8 Å². The Morgan fingerprint density at radius 3 is 2.55 bits per heavy atom. The fourth-order valence-electron chi connectivity index (χ4n) is 3.00. The van der Waals surface area contributed by atoms with Crippen molar-refractivity contribution in [1.82, 2.24) is 5.32 Å². The summed E-state index contributed by atoms with van der Waals surface area (Å²) >= 11 is 0. The highest BCUT2D eigenvalue weighted by Gasteiger charge is 2.57. The number of hydrogen-bond donors (Lipinski definition) is 2. The van der Waals surface area contributed by atoms with Crippen LogP contribution in [0.25, 0.3) is 0 Å². The summed E-state index contributed by atoms with van der Waals surface area (Å²) in [7, 11) is 0. The molecule has 1 aliphatic heterocycles. The minimum absolute atomic E-state index is 0.0403. The lowest BCUT2D eigenvalue weighted by Crippen LogP contribution is -2.43. The van der Waals surface area contributed by atoms with Crippen LogP contribution in [0.4, 0.5) is 5.69 Å². The molecule has 1 saturated carbocycles. The van der Waals surface area contributed by atoms with E-state index in [-0.39, 0.29) is 11.9 Å². The SMILES string of the molecule is CC(=O)N1CCC(NC(=O)C2(C(=O)O)CC2)c2ccccc21. The number of amides is 2. The van der Waals surface area contributed by atoms with Crippen LogP contribution in [0.2, 0.25) is 0 Å². The summed E-state index contributed by atoms with van der Waals surface area (Å²) in [5, 5.41) is 12.1. The van der Waals surface area contributed by atoms with Crippen LogP contribution in [-0.2, 0) is 14.4 Å². The maximum absolute atomic E-state index is 12.3. The van der Waals surface area contributed by atoms with Crippen molar-refractivity contribution >= 4 is 23.5 Å². The van der Waals surface area contributed by atoms with E-state index >= 15 is 0 Å². The minimum atomic E-state index is -1.24. The zero-order chi connectivity index (χ0) is 15.9. The van der Waals surface area contributed by atoms with Crippen molar-refractivity contribution in [3.8, 4) is 0 Å². The van der Waals surface area contributed by atoms with Crippen molar-refractivity contribution in [2.45, 2.75) is 32.2 Å². The number of hydrogen-bond acceptors (Lipinski definition) is 3. The molecule has 1 aromatic carbocycles. The van der Waals surface area contributed by atoms with E-state index < -0.39 is 17.3 Å². The molecule has 116 valence electrons. The molecule has 6 heteroatoms. The Hall–Kier alpha value is -2.37. The van der Waals surface area contributed by atoms with E-state index in [1.165, 1.54) is 6.92 Å². The number of fused-ring (bicyclic) bond motifs is 1. The van der Waals surface area contributed by atoms with Gasteiger partial charge in [0, 0.05) is 19.2 Å². The van der Waals surface area contributed by atoms with E-state index in [2.05, 4.69) is 5.32 Å². The zero-order valence-corrected chi connectivity index (χ0v) is 12.3. The number of benzene rings is 1.